The Balaban J connectivity index is 1.86. The molecule has 0 bridgehead atoms. The molecular formula is C13H10BrNO2S. The van der Waals surface area contributed by atoms with E-state index in [1.54, 1.807) is 23.7 Å². The SMILES string of the molecule is OC(Cc1nc2ccccc2s1)c1ccoc1Br. The average molecular weight is 324 g/mol. The molecule has 0 radical (unpaired) electrons. The normalized spacial score (nSPS) is 13.0. The van der Waals surface area contributed by atoms with Gasteiger partial charge in [-0.2, -0.15) is 0 Å². The van der Waals surface area contributed by atoms with Gasteiger partial charge in [0.1, 0.15) is 0 Å². The van der Waals surface area contributed by atoms with Gasteiger partial charge in [0, 0.05) is 12.0 Å². The highest BCUT2D eigenvalue weighted by Gasteiger charge is 2.16. The Morgan fingerprint density at radius 1 is 1.33 bits per heavy atom. The van der Waals surface area contributed by atoms with Crippen LogP contribution >= 0.6 is 27.3 Å². The number of nitrogens with zero attached hydrogens (tertiary/aromatic N) is 1. The number of hydrogen-bond donors (Lipinski definition) is 1. The molecule has 0 fully saturated rings. The zero-order chi connectivity index (χ0) is 12.5. The van der Waals surface area contributed by atoms with Crippen LogP contribution in [0, 0.1) is 0 Å². The predicted octanol–water partition coefficient (Wildman–Crippen LogP) is 3.93. The smallest absolute Gasteiger partial charge is 0.174 e. The molecule has 0 aliphatic heterocycles. The number of halogens is 1. The van der Waals surface area contributed by atoms with Crippen molar-refractivity contribution >= 4 is 37.5 Å². The summed E-state index contributed by atoms with van der Waals surface area (Å²) in [5.74, 6) is 0. The molecule has 1 unspecified atom stereocenters. The molecule has 2 heterocycles. The Kier molecular flexibility index (Phi) is 3.20. The van der Waals surface area contributed by atoms with Gasteiger partial charge in [-0.05, 0) is 34.1 Å². The van der Waals surface area contributed by atoms with Crippen LogP contribution in [0.1, 0.15) is 16.7 Å². The summed E-state index contributed by atoms with van der Waals surface area (Å²) in [4.78, 5) is 4.50. The first-order valence-corrected chi connectivity index (χ1v) is 7.10. The van der Waals surface area contributed by atoms with Crippen LogP contribution in [0.15, 0.2) is 45.7 Å². The maximum absolute atomic E-state index is 10.1. The van der Waals surface area contributed by atoms with Gasteiger partial charge in [-0.3, -0.25) is 0 Å². The standard InChI is InChI=1S/C13H10BrNO2S/c14-13-8(5-6-17-13)10(16)7-12-15-9-3-1-2-4-11(9)18-12/h1-6,10,16H,7H2. The molecule has 5 heteroatoms. The molecule has 2 aromatic heterocycles. The second-order valence-corrected chi connectivity index (χ2v) is 5.78. The molecule has 1 aromatic carbocycles. The van der Waals surface area contributed by atoms with Gasteiger partial charge in [0.15, 0.2) is 4.67 Å². The number of fused-ring (bicyclic) bond motifs is 1. The van der Waals surface area contributed by atoms with Crippen LogP contribution in [0.4, 0.5) is 0 Å². The second-order valence-electron chi connectivity index (χ2n) is 3.94. The lowest BCUT2D eigenvalue weighted by Crippen LogP contribution is -2.00. The van der Waals surface area contributed by atoms with E-state index < -0.39 is 6.10 Å². The number of para-hydroxylation sites is 1. The summed E-state index contributed by atoms with van der Waals surface area (Å²) in [5, 5.41) is 11.1. The monoisotopic (exact) mass is 323 g/mol. The van der Waals surface area contributed by atoms with Gasteiger partial charge >= 0.3 is 0 Å². The molecule has 3 nitrogen and oxygen atoms in total. The maximum atomic E-state index is 10.1. The van der Waals surface area contributed by atoms with Crippen molar-refractivity contribution in [2.45, 2.75) is 12.5 Å². The Hall–Kier alpha value is -1.17. The largest absolute Gasteiger partial charge is 0.457 e. The minimum absolute atomic E-state index is 0.498. The Labute approximate surface area is 116 Å². The van der Waals surface area contributed by atoms with E-state index in [1.165, 1.54) is 0 Å². The highest BCUT2D eigenvalue weighted by molar-refractivity contribution is 9.10. The molecule has 18 heavy (non-hydrogen) atoms. The minimum atomic E-state index is -0.598. The molecule has 3 aromatic rings. The molecule has 1 N–H and O–H groups in total. The third kappa shape index (κ3) is 2.21. The molecule has 1 atom stereocenters. The number of furan rings is 1. The van der Waals surface area contributed by atoms with Crippen molar-refractivity contribution in [3.05, 3.63) is 51.8 Å². The highest BCUT2D eigenvalue weighted by Crippen LogP contribution is 2.29. The molecule has 0 saturated heterocycles. The first kappa shape index (κ1) is 11.9. The van der Waals surface area contributed by atoms with Crippen LogP contribution in [-0.4, -0.2) is 10.1 Å². The van der Waals surface area contributed by atoms with Crippen LogP contribution in [-0.2, 0) is 6.42 Å². The fourth-order valence-corrected chi connectivity index (χ4v) is 3.33. The maximum Gasteiger partial charge on any atom is 0.174 e. The lowest BCUT2D eigenvalue weighted by atomic mass is 10.1. The summed E-state index contributed by atoms with van der Waals surface area (Å²) < 4.78 is 6.85. The number of aliphatic hydroxyl groups is 1. The summed E-state index contributed by atoms with van der Waals surface area (Å²) in [6.45, 7) is 0. The Bertz CT molecular complexity index is 643. The molecule has 0 saturated carbocycles. The van der Waals surface area contributed by atoms with E-state index in [2.05, 4.69) is 20.9 Å². The summed E-state index contributed by atoms with van der Waals surface area (Å²) in [6.07, 6.45) is 1.46. The molecule has 92 valence electrons. The summed E-state index contributed by atoms with van der Waals surface area (Å²) in [6, 6.07) is 9.75. The lowest BCUT2D eigenvalue weighted by Gasteiger charge is -2.05. The van der Waals surface area contributed by atoms with Gasteiger partial charge < -0.3 is 9.52 Å². The molecular weight excluding hydrogens is 314 g/mol. The van der Waals surface area contributed by atoms with Crippen molar-refractivity contribution in [3.8, 4) is 0 Å². The van der Waals surface area contributed by atoms with Gasteiger partial charge in [-0.1, -0.05) is 12.1 Å². The quantitative estimate of drug-likeness (QED) is 0.794. The van der Waals surface area contributed by atoms with Crippen LogP contribution in [0.3, 0.4) is 0 Å². The highest BCUT2D eigenvalue weighted by atomic mass is 79.9. The number of benzene rings is 1. The van der Waals surface area contributed by atoms with Crippen molar-refractivity contribution in [1.82, 2.24) is 4.98 Å². The van der Waals surface area contributed by atoms with E-state index in [9.17, 15) is 5.11 Å². The van der Waals surface area contributed by atoms with Crippen molar-refractivity contribution < 1.29 is 9.52 Å². The number of aromatic nitrogens is 1. The van der Waals surface area contributed by atoms with Gasteiger partial charge in [0.25, 0.3) is 0 Å². The van der Waals surface area contributed by atoms with Crippen LogP contribution < -0.4 is 0 Å². The molecule has 0 amide bonds. The third-order valence-corrected chi connectivity index (χ3v) is 4.41. The van der Waals surface area contributed by atoms with Crippen molar-refractivity contribution in [2.24, 2.45) is 0 Å². The minimum Gasteiger partial charge on any atom is -0.457 e. The van der Waals surface area contributed by atoms with Crippen molar-refractivity contribution in [3.63, 3.8) is 0 Å². The number of rotatable bonds is 3. The van der Waals surface area contributed by atoms with Gasteiger partial charge in [0.05, 0.1) is 27.6 Å². The number of thiazole rings is 1. The topological polar surface area (TPSA) is 46.3 Å². The van der Waals surface area contributed by atoms with E-state index in [4.69, 9.17) is 4.42 Å². The lowest BCUT2D eigenvalue weighted by molar-refractivity contribution is 0.176. The van der Waals surface area contributed by atoms with Gasteiger partial charge in [0.2, 0.25) is 0 Å². The van der Waals surface area contributed by atoms with E-state index in [0.29, 0.717) is 11.1 Å². The predicted molar refractivity (Wildman–Crippen MR) is 74.7 cm³/mol. The van der Waals surface area contributed by atoms with E-state index in [1.807, 2.05) is 24.3 Å². The Morgan fingerprint density at radius 3 is 2.89 bits per heavy atom. The summed E-state index contributed by atoms with van der Waals surface area (Å²) in [7, 11) is 0. The van der Waals surface area contributed by atoms with Crippen molar-refractivity contribution in [2.75, 3.05) is 0 Å². The van der Waals surface area contributed by atoms with Crippen LogP contribution in [0.2, 0.25) is 0 Å². The fraction of sp³-hybridized carbons (Fsp3) is 0.154. The third-order valence-electron chi connectivity index (χ3n) is 2.71. The first-order valence-electron chi connectivity index (χ1n) is 5.49. The summed E-state index contributed by atoms with van der Waals surface area (Å²) in [5.41, 5.74) is 1.74. The number of hydrogen-bond acceptors (Lipinski definition) is 4. The Morgan fingerprint density at radius 2 is 2.17 bits per heavy atom. The first-order chi connectivity index (χ1) is 8.74. The van der Waals surface area contributed by atoms with E-state index in [0.717, 1.165) is 20.8 Å². The van der Waals surface area contributed by atoms with E-state index in [-0.39, 0.29) is 0 Å². The van der Waals surface area contributed by atoms with E-state index >= 15 is 0 Å². The second kappa shape index (κ2) is 4.84. The molecule has 0 aliphatic rings. The van der Waals surface area contributed by atoms with Crippen molar-refractivity contribution in [1.29, 1.82) is 0 Å². The van der Waals surface area contributed by atoms with Gasteiger partial charge in [-0.25, -0.2) is 4.98 Å². The fourth-order valence-electron chi connectivity index (χ4n) is 1.83. The zero-order valence-electron chi connectivity index (χ0n) is 9.34. The average Bonchev–Trinajstić information content (AvgIpc) is 2.94. The molecule has 0 aliphatic carbocycles. The molecule has 3 rings (SSSR count). The van der Waals surface area contributed by atoms with Gasteiger partial charge in [-0.15, -0.1) is 11.3 Å². The molecule has 0 spiro atoms. The number of aliphatic hydroxyl groups excluding tert-OH is 1. The van der Waals surface area contributed by atoms with Crippen LogP contribution in [0.5, 0.6) is 0 Å². The van der Waals surface area contributed by atoms with Crippen LogP contribution in [0.25, 0.3) is 10.2 Å². The zero-order valence-corrected chi connectivity index (χ0v) is 11.7. The summed E-state index contributed by atoms with van der Waals surface area (Å²) >= 11 is 4.88.